The third-order valence-electron chi connectivity index (χ3n) is 5.27. The van der Waals surface area contributed by atoms with E-state index in [1.54, 1.807) is 4.90 Å². The number of amides is 1. The predicted octanol–water partition coefficient (Wildman–Crippen LogP) is 1.23. The van der Waals surface area contributed by atoms with E-state index in [0.29, 0.717) is 13.0 Å². The first-order valence-electron chi connectivity index (χ1n) is 8.00. The highest BCUT2D eigenvalue weighted by Gasteiger charge is 2.63. The number of ether oxygens (including phenoxy) is 1. The lowest BCUT2D eigenvalue weighted by atomic mass is 9.54. The fourth-order valence-corrected chi connectivity index (χ4v) is 3.44. The van der Waals surface area contributed by atoms with Gasteiger partial charge in [0.15, 0.2) is 0 Å². The van der Waals surface area contributed by atoms with E-state index in [-0.39, 0.29) is 38.2 Å². The zero-order chi connectivity index (χ0) is 17.5. The summed E-state index contributed by atoms with van der Waals surface area (Å²) in [5.74, 6) is -0.176. The summed E-state index contributed by atoms with van der Waals surface area (Å²) in [7, 11) is 0. The fraction of sp³-hybridized carbons (Fsp3) is 0.933. The van der Waals surface area contributed by atoms with Gasteiger partial charge in [-0.3, -0.25) is 9.69 Å². The predicted molar refractivity (Wildman–Crippen MR) is 79.8 cm³/mol. The van der Waals surface area contributed by atoms with Crippen molar-refractivity contribution in [1.29, 1.82) is 0 Å². The number of carbonyl (C=O) groups is 1. The molecule has 0 radical (unpaired) electrons. The van der Waals surface area contributed by atoms with Gasteiger partial charge in [0.25, 0.3) is 0 Å². The van der Waals surface area contributed by atoms with Crippen molar-refractivity contribution < 1.29 is 22.7 Å². The molecule has 2 aliphatic rings. The summed E-state index contributed by atoms with van der Waals surface area (Å²) in [5.41, 5.74) is 4.86. The smallest absolute Gasteiger partial charge is 0.378 e. The van der Waals surface area contributed by atoms with Crippen molar-refractivity contribution in [2.24, 2.45) is 11.1 Å². The molecule has 2 fully saturated rings. The number of rotatable bonds is 4. The molecule has 8 heteroatoms. The number of carbonyl (C=O) groups excluding carboxylic acids is 1. The number of hydrogen-bond donors (Lipinski definition) is 1. The molecule has 0 bridgehead atoms. The molecule has 2 atom stereocenters. The summed E-state index contributed by atoms with van der Waals surface area (Å²) in [6.07, 6.45) is -3.81. The van der Waals surface area contributed by atoms with Crippen LogP contribution in [0.1, 0.15) is 27.2 Å². The van der Waals surface area contributed by atoms with Gasteiger partial charge in [0.1, 0.15) is 5.54 Å². The molecule has 1 heterocycles. The molecule has 1 amide bonds. The molecule has 2 N–H and O–H groups in total. The molecule has 0 spiro atoms. The van der Waals surface area contributed by atoms with Crippen molar-refractivity contribution in [2.75, 3.05) is 39.3 Å². The Hall–Kier alpha value is -0.860. The molecule has 5 nitrogen and oxygen atoms in total. The quantitative estimate of drug-likeness (QED) is 0.838. The Kier molecular flexibility index (Phi) is 4.99. The number of piperazine rings is 1. The lowest BCUT2D eigenvalue weighted by Crippen LogP contribution is -2.76. The van der Waals surface area contributed by atoms with Gasteiger partial charge >= 0.3 is 6.18 Å². The summed E-state index contributed by atoms with van der Waals surface area (Å²) in [4.78, 5) is 15.7. The summed E-state index contributed by atoms with van der Waals surface area (Å²) in [5, 5.41) is 0. The summed E-state index contributed by atoms with van der Waals surface area (Å²) < 4.78 is 42.8. The van der Waals surface area contributed by atoms with E-state index in [1.165, 1.54) is 4.90 Å². The van der Waals surface area contributed by atoms with E-state index in [2.05, 4.69) is 0 Å². The molecule has 1 aliphatic heterocycles. The van der Waals surface area contributed by atoms with Gasteiger partial charge in [0.2, 0.25) is 5.91 Å². The van der Waals surface area contributed by atoms with Crippen LogP contribution in [0.15, 0.2) is 0 Å². The third kappa shape index (κ3) is 3.49. The van der Waals surface area contributed by atoms with E-state index in [9.17, 15) is 18.0 Å². The van der Waals surface area contributed by atoms with Crippen LogP contribution in [0.3, 0.4) is 0 Å². The van der Waals surface area contributed by atoms with E-state index < -0.39 is 23.7 Å². The van der Waals surface area contributed by atoms with Crippen molar-refractivity contribution in [3.63, 3.8) is 0 Å². The first-order valence-corrected chi connectivity index (χ1v) is 8.00. The maximum absolute atomic E-state index is 12.8. The van der Waals surface area contributed by atoms with Crippen LogP contribution < -0.4 is 5.73 Å². The van der Waals surface area contributed by atoms with Crippen molar-refractivity contribution in [3.05, 3.63) is 0 Å². The second kappa shape index (κ2) is 6.22. The highest BCUT2D eigenvalue weighted by molar-refractivity contribution is 5.89. The molecule has 134 valence electrons. The molecule has 0 aromatic carbocycles. The minimum absolute atomic E-state index is 0.0621. The Balaban J connectivity index is 1.93. The third-order valence-corrected chi connectivity index (χ3v) is 5.27. The number of nitrogens with zero attached hydrogens (tertiary/aromatic N) is 2. The average molecular weight is 337 g/mol. The topological polar surface area (TPSA) is 58.8 Å². The van der Waals surface area contributed by atoms with Gasteiger partial charge in [0.05, 0.1) is 12.6 Å². The Bertz CT molecular complexity index is 448. The molecule has 1 aliphatic carbocycles. The average Bonchev–Trinajstić information content (AvgIpc) is 2.45. The molecule has 1 saturated heterocycles. The molecule has 0 aromatic heterocycles. The largest absolute Gasteiger partial charge is 0.401 e. The van der Waals surface area contributed by atoms with Crippen LogP contribution in [-0.2, 0) is 9.53 Å². The number of nitrogens with two attached hydrogens (primary N) is 1. The van der Waals surface area contributed by atoms with Gasteiger partial charge in [-0.25, -0.2) is 0 Å². The van der Waals surface area contributed by atoms with Crippen molar-refractivity contribution in [1.82, 2.24) is 9.80 Å². The molecule has 2 rings (SSSR count). The van der Waals surface area contributed by atoms with Crippen LogP contribution in [0.5, 0.6) is 0 Å². The molecular weight excluding hydrogens is 311 g/mol. The maximum Gasteiger partial charge on any atom is 0.401 e. The van der Waals surface area contributed by atoms with Gasteiger partial charge in [-0.1, -0.05) is 13.8 Å². The van der Waals surface area contributed by atoms with E-state index in [4.69, 9.17) is 10.5 Å². The standard InChI is InChI=1S/C15H26F3N3O2/c1-4-23-11-9-14(19,13(11,2)3)12(22)21-7-5-20(6-8-21)10-15(16,17)18/h11H,4-10,19H2,1-3H3. The Morgan fingerprint density at radius 1 is 1.26 bits per heavy atom. The van der Waals surface area contributed by atoms with Crippen LogP contribution in [0.4, 0.5) is 13.2 Å². The lowest BCUT2D eigenvalue weighted by molar-refractivity contribution is -0.182. The summed E-state index contributed by atoms with van der Waals surface area (Å²) in [6.45, 7) is 6.35. The number of hydrogen-bond acceptors (Lipinski definition) is 4. The molecule has 0 aromatic rings. The molecular formula is C15H26F3N3O2. The molecule has 23 heavy (non-hydrogen) atoms. The van der Waals surface area contributed by atoms with E-state index in [0.717, 1.165) is 0 Å². The Morgan fingerprint density at radius 3 is 2.26 bits per heavy atom. The number of alkyl halides is 3. The minimum atomic E-state index is -4.21. The van der Waals surface area contributed by atoms with E-state index in [1.807, 2.05) is 20.8 Å². The highest BCUT2D eigenvalue weighted by Crippen LogP contribution is 2.50. The van der Waals surface area contributed by atoms with Crippen molar-refractivity contribution in [2.45, 2.75) is 45.0 Å². The maximum atomic E-state index is 12.8. The van der Waals surface area contributed by atoms with E-state index >= 15 is 0 Å². The monoisotopic (exact) mass is 337 g/mol. The number of halogens is 3. The SMILES string of the molecule is CCOC1CC(N)(C(=O)N2CCN(CC(F)(F)F)CC2)C1(C)C. The minimum Gasteiger partial charge on any atom is -0.378 e. The van der Waals surface area contributed by atoms with Crippen LogP contribution in [0, 0.1) is 5.41 Å². The van der Waals surface area contributed by atoms with Gasteiger partial charge in [-0.05, 0) is 6.92 Å². The Morgan fingerprint density at radius 2 is 1.83 bits per heavy atom. The van der Waals surface area contributed by atoms with Crippen LogP contribution in [-0.4, -0.2) is 72.9 Å². The second-order valence-electron chi connectivity index (χ2n) is 7.02. The van der Waals surface area contributed by atoms with Crippen LogP contribution in [0.25, 0.3) is 0 Å². The molecule has 1 saturated carbocycles. The van der Waals surface area contributed by atoms with Crippen molar-refractivity contribution in [3.8, 4) is 0 Å². The zero-order valence-electron chi connectivity index (χ0n) is 13.9. The van der Waals surface area contributed by atoms with Gasteiger partial charge in [0, 0.05) is 44.6 Å². The van der Waals surface area contributed by atoms with Crippen molar-refractivity contribution >= 4 is 5.91 Å². The zero-order valence-corrected chi connectivity index (χ0v) is 13.9. The van der Waals surface area contributed by atoms with Gasteiger partial charge < -0.3 is 15.4 Å². The van der Waals surface area contributed by atoms with Crippen LogP contribution in [0.2, 0.25) is 0 Å². The first-order chi connectivity index (χ1) is 10.5. The normalized spacial score (nSPS) is 31.8. The van der Waals surface area contributed by atoms with Gasteiger partial charge in [-0.15, -0.1) is 0 Å². The van der Waals surface area contributed by atoms with Gasteiger partial charge in [-0.2, -0.15) is 13.2 Å². The van der Waals surface area contributed by atoms with Crippen LogP contribution >= 0.6 is 0 Å². The first kappa shape index (κ1) is 18.5. The highest BCUT2D eigenvalue weighted by atomic mass is 19.4. The second-order valence-corrected chi connectivity index (χ2v) is 7.02. The Labute approximate surface area is 134 Å². The fourth-order valence-electron chi connectivity index (χ4n) is 3.44. The summed E-state index contributed by atoms with van der Waals surface area (Å²) >= 11 is 0. The lowest BCUT2D eigenvalue weighted by Gasteiger charge is -2.59. The summed E-state index contributed by atoms with van der Waals surface area (Å²) in [6, 6.07) is 0. The molecule has 2 unspecified atom stereocenters.